The van der Waals surface area contributed by atoms with Gasteiger partial charge in [0.1, 0.15) is 17.2 Å². The Morgan fingerprint density at radius 2 is 1.80 bits per heavy atom. The number of nitrogens with zero attached hydrogens (tertiary/aromatic N) is 2. The minimum absolute atomic E-state index is 0.0113. The lowest BCUT2D eigenvalue weighted by molar-refractivity contribution is -0.384. The number of nitrogens with one attached hydrogen (secondary N) is 1. The molecule has 3 rings (SSSR count). The quantitative estimate of drug-likeness (QED) is 0.318. The monoisotopic (exact) mass is 446 g/mol. The van der Waals surface area contributed by atoms with E-state index in [0.717, 1.165) is 12.1 Å². The van der Waals surface area contributed by atoms with E-state index in [2.05, 4.69) is 10.5 Å². The first-order valence-corrected chi connectivity index (χ1v) is 10.3. The van der Waals surface area contributed by atoms with Gasteiger partial charge >= 0.3 is 0 Å². The third-order valence-corrected chi connectivity index (χ3v) is 4.96. The lowest BCUT2D eigenvalue weighted by Crippen LogP contribution is -2.12. The van der Waals surface area contributed by atoms with Crippen molar-refractivity contribution in [1.82, 2.24) is 0 Å². The molecule has 0 radical (unpaired) electrons. The number of hydrogen-bond donors (Lipinski definition) is 2. The standard InChI is InChI=1S/C19H15ClN4O5S/c20-14-4-6-15(7-5-14)29-16-3-1-2-13(10-16)12-22-23-18-9-8-17(30(21,27)28)11-19(18)24(25)26/h1-12,23H,(H2,21,27,28)/b22-12+. The second-order valence-corrected chi connectivity index (χ2v) is 7.98. The summed E-state index contributed by atoms with van der Waals surface area (Å²) in [6.07, 6.45) is 1.44. The van der Waals surface area contributed by atoms with Crippen molar-refractivity contribution in [3.8, 4) is 11.5 Å². The fourth-order valence-corrected chi connectivity index (χ4v) is 3.07. The van der Waals surface area contributed by atoms with Crippen molar-refractivity contribution in [1.29, 1.82) is 0 Å². The van der Waals surface area contributed by atoms with E-state index in [4.69, 9.17) is 21.5 Å². The Morgan fingerprint density at radius 1 is 1.07 bits per heavy atom. The number of anilines is 1. The third-order valence-electron chi connectivity index (χ3n) is 3.80. The number of benzene rings is 3. The number of nitro benzene ring substituents is 1. The summed E-state index contributed by atoms with van der Waals surface area (Å²) in [5, 5.41) is 20.8. The zero-order valence-electron chi connectivity index (χ0n) is 15.2. The van der Waals surface area contributed by atoms with Gasteiger partial charge in [-0.15, -0.1) is 0 Å². The minimum Gasteiger partial charge on any atom is -0.457 e. The van der Waals surface area contributed by atoms with Gasteiger partial charge in [0.05, 0.1) is 16.0 Å². The number of sulfonamides is 1. The summed E-state index contributed by atoms with van der Waals surface area (Å²) >= 11 is 5.85. The van der Waals surface area contributed by atoms with Crippen LogP contribution in [0.3, 0.4) is 0 Å². The fourth-order valence-electron chi connectivity index (χ4n) is 2.41. The van der Waals surface area contributed by atoms with E-state index in [9.17, 15) is 18.5 Å². The maximum atomic E-state index is 11.4. The predicted octanol–water partition coefficient (Wildman–Crippen LogP) is 4.13. The molecule has 0 amide bonds. The van der Waals surface area contributed by atoms with Crippen LogP contribution in [0.1, 0.15) is 5.56 Å². The van der Waals surface area contributed by atoms with E-state index in [1.807, 2.05) is 0 Å². The number of nitro groups is 1. The van der Waals surface area contributed by atoms with Crippen molar-refractivity contribution in [2.75, 3.05) is 5.43 Å². The van der Waals surface area contributed by atoms with E-state index in [1.54, 1.807) is 48.5 Å². The topological polar surface area (TPSA) is 137 Å². The lowest BCUT2D eigenvalue weighted by Gasteiger charge is -2.06. The number of hydrazone groups is 1. The molecule has 3 N–H and O–H groups in total. The molecule has 0 heterocycles. The Hall–Kier alpha value is -3.47. The summed E-state index contributed by atoms with van der Waals surface area (Å²) in [5.41, 5.74) is 2.74. The van der Waals surface area contributed by atoms with E-state index in [-0.39, 0.29) is 10.6 Å². The van der Waals surface area contributed by atoms with Gasteiger partial charge in [-0.05, 0) is 54.1 Å². The number of primary sulfonamides is 1. The molecule has 3 aromatic rings. The molecule has 0 spiro atoms. The summed E-state index contributed by atoms with van der Waals surface area (Å²) < 4.78 is 28.5. The number of rotatable bonds is 7. The number of nitrogens with two attached hydrogens (primary N) is 1. The van der Waals surface area contributed by atoms with Gasteiger partial charge in [0.25, 0.3) is 5.69 Å². The molecule has 0 unspecified atom stereocenters. The first-order chi connectivity index (χ1) is 14.2. The molecule has 3 aromatic carbocycles. The second-order valence-electron chi connectivity index (χ2n) is 5.98. The van der Waals surface area contributed by atoms with Crippen molar-refractivity contribution in [2.24, 2.45) is 10.2 Å². The van der Waals surface area contributed by atoms with Gasteiger partial charge in [-0.2, -0.15) is 5.10 Å². The summed E-state index contributed by atoms with van der Waals surface area (Å²) in [4.78, 5) is 10.1. The fraction of sp³-hybridized carbons (Fsp3) is 0. The smallest absolute Gasteiger partial charge is 0.295 e. The molecule has 0 saturated heterocycles. The highest BCUT2D eigenvalue weighted by Crippen LogP contribution is 2.27. The van der Waals surface area contributed by atoms with Crippen molar-refractivity contribution >= 4 is 39.2 Å². The van der Waals surface area contributed by atoms with Gasteiger partial charge in [-0.3, -0.25) is 15.5 Å². The molecule has 0 bridgehead atoms. The summed E-state index contributed by atoms with van der Waals surface area (Å²) in [7, 11) is -4.06. The van der Waals surface area contributed by atoms with Gasteiger partial charge in [-0.25, -0.2) is 13.6 Å². The third kappa shape index (κ3) is 5.54. The van der Waals surface area contributed by atoms with Crippen molar-refractivity contribution in [2.45, 2.75) is 4.90 Å². The average molecular weight is 447 g/mol. The highest BCUT2D eigenvalue weighted by atomic mass is 35.5. The van der Waals surface area contributed by atoms with E-state index in [1.165, 1.54) is 12.3 Å². The Labute approximate surface area is 176 Å². The van der Waals surface area contributed by atoms with Crippen LogP contribution in [0.2, 0.25) is 5.02 Å². The van der Waals surface area contributed by atoms with Crippen LogP contribution in [0.15, 0.2) is 76.7 Å². The van der Waals surface area contributed by atoms with Gasteiger partial charge in [0.2, 0.25) is 10.0 Å². The van der Waals surface area contributed by atoms with Crippen LogP contribution in [0.4, 0.5) is 11.4 Å². The number of ether oxygens (including phenoxy) is 1. The van der Waals surface area contributed by atoms with Crippen molar-refractivity contribution < 1.29 is 18.1 Å². The van der Waals surface area contributed by atoms with Gasteiger partial charge in [0, 0.05) is 11.1 Å². The molecule has 0 saturated carbocycles. The highest BCUT2D eigenvalue weighted by Gasteiger charge is 2.18. The normalized spacial score (nSPS) is 11.4. The molecular weight excluding hydrogens is 432 g/mol. The Balaban J connectivity index is 1.75. The largest absolute Gasteiger partial charge is 0.457 e. The summed E-state index contributed by atoms with van der Waals surface area (Å²) in [6.45, 7) is 0. The van der Waals surface area contributed by atoms with Gasteiger partial charge < -0.3 is 4.74 Å². The molecule has 0 atom stereocenters. The first kappa shape index (κ1) is 21.2. The zero-order valence-corrected chi connectivity index (χ0v) is 16.8. The average Bonchev–Trinajstić information content (AvgIpc) is 2.69. The predicted molar refractivity (Wildman–Crippen MR) is 114 cm³/mol. The maximum Gasteiger partial charge on any atom is 0.295 e. The maximum absolute atomic E-state index is 11.4. The molecule has 0 aliphatic rings. The molecule has 154 valence electrons. The Morgan fingerprint density at radius 3 is 2.47 bits per heavy atom. The Bertz CT molecular complexity index is 1210. The van der Waals surface area contributed by atoms with Crippen molar-refractivity contribution in [3.63, 3.8) is 0 Å². The first-order valence-electron chi connectivity index (χ1n) is 8.36. The Kier molecular flexibility index (Phi) is 6.31. The number of hydrogen-bond acceptors (Lipinski definition) is 7. The number of halogens is 1. The molecule has 0 fully saturated rings. The van der Waals surface area contributed by atoms with E-state index in [0.29, 0.717) is 22.1 Å². The minimum atomic E-state index is -4.06. The van der Waals surface area contributed by atoms with Gasteiger partial charge in [-0.1, -0.05) is 23.7 Å². The van der Waals surface area contributed by atoms with Crippen LogP contribution in [0.25, 0.3) is 0 Å². The molecule has 0 aromatic heterocycles. The molecule has 0 aliphatic heterocycles. The molecule has 9 nitrogen and oxygen atoms in total. The van der Waals surface area contributed by atoms with Crippen LogP contribution in [0, 0.1) is 10.1 Å². The molecular formula is C19H15ClN4O5S. The molecule has 11 heteroatoms. The second kappa shape index (κ2) is 8.91. The molecule has 0 aliphatic carbocycles. The van der Waals surface area contributed by atoms with Crippen LogP contribution in [-0.2, 0) is 10.0 Å². The van der Waals surface area contributed by atoms with Crippen LogP contribution in [0.5, 0.6) is 11.5 Å². The van der Waals surface area contributed by atoms with Crippen LogP contribution >= 0.6 is 11.6 Å². The van der Waals surface area contributed by atoms with Crippen LogP contribution < -0.4 is 15.3 Å². The lowest BCUT2D eigenvalue weighted by atomic mass is 10.2. The SMILES string of the molecule is NS(=O)(=O)c1ccc(N/N=C/c2cccc(Oc3ccc(Cl)cc3)c2)c([N+](=O)[O-])c1. The highest BCUT2D eigenvalue weighted by molar-refractivity contribution is 7.89. The van der Waals surface area contributed by atoms with Crippen molar-refractivity contribution in [3.05, 3.63) is 87.4 Å². The van der Waals surface area contributed by atoms with Crippen LogP contribution in [-0.4, -0.2) is 19.6 Å². The summed E-state index contributed by atoms with van der Waals surface area (Å²) in [6, 6.07) is 17.1. The van der Waals surface area contributed by atoms with E-state index >= 15 is 0 Å². The zero-order chi connectivity index (χ0) is 21.7. The molecule has 30 heavy (non-hydrogen) atoms. The summed E-state index contributed by atoms with van der Waals surface area (Å²) in [5.74, 6) is 1.17. The van der Waals surface area contributed by atoms with Gasteiger partial charge in [0.15, 0.2) is 0 Å². The van der Waals surface area contributed by atoms with E-state index < -0.39 is 20.6 Å².